The van der Waals surface area contributed by atoms with Crippen molar-refractivity contribution in [2.24, 2.45) is 5.41 Å². The van der Waals surface area contributed by atoms with E-state index in [2.05, 4.69) is 41.9 Å². The number of hydrogen-bond acceptors (Lipinski definition) is 2. The highest BCUT2D eigenvalue weighted by atomic mass is 79.9. The molecule has 0 atom stereocenters. The van der Waals surface area contributed by atoms with Gasteiger partial charge in [0.1, 0.15) is 5.75 Å². The Morgan fingerprint density at radius 1 is 1.22 bits per heavy atom. The van der Waals surface area contributed by atoms with E-state index in [0.29, 0.717) is 13.4 Å². The van der Waals surface area contributed by atoms with E-state index in [4.69, 9.17) is 9.47 Å². The fourth-order valence-electron chi connectivity index (χ4n) is 1.45. The number of rotatable bonds is 7. The summed E-state index contributed by atoms with van der Waals surface area (Å²) in [6.45, 7) is 7.39. The van der Waals surface area contributed by atoms with Gasteiger partial charge in [0, 0.05) is 4.47 Å². The van der Waals surface area contributed by atoms with Gasteiger partial charge in [-0.25, -0.2) is 0 Å². The van der Waals surface area contributed by atoms with Crippen LogP contribution in [0, 0.1) is 5.41 Å². The number of halogens is 1. The molecule has 0 N–H and O–H groups in total. The molecular weight excluding hydrogens is 292 g/mol. The van der Waals surface area contributed by atoms with Gasteiger partial charge in [0.25, 0.3) is 0 Å². The van der Waals surface area contributed by atoms with Crippen molar-refractivity contribution in [3.05, 3.63) is 40.9 Å². The van der Waals surface area contributed by atoms with Crippen molar-refractivity contribution in [3.63, 3.8) is 0 Å². The topological polar surface area (TPSA) is 18.5 Å². The zero-order valence-corrected chi connectivity index (χ0v) is 12.9. The van der Waals surface area contributed by atoms with Gasteiger partial charge in [-0.2, -0.15) is 0 Å². The van der Waals surface area contributed by atoms with E-state index >= 15 is 0 Å². The summed E-state index contributed by atoms with van der Waals surface area (Å²) >= 11 is 3.38. The van der Waals surface area contributed by atoms with Crippen molar-refractivity contribution in [1.82, 2.24) is 0 Å². The first-order valence-corrected chi connectivity index (χ1v) is 6.90. The fourth-order valence-corrected chi connectivity index (χ4v) is 1.72. The summed E-state index contributed by atoms with van der Waals surface area (Å²) in [6.07, 6.45) is 5.25. The van der Waals surface area contributed by atoms with E-state index in [9.17, 15) is 0 Å². The van der Waals surface area contributed by atoms with Crippen LogP contribution in [0.3, 0.4) is 0 Å². The van der Waals surface area contributed by atoms with Gasteiger partial charge in [0.05, 0.1) is 6.61 Å². The molecule has 0 radical (unpaired) electrons. The van der Waals surface area contributed by atoms with E-state index in [1.807, 2.05) is 31.2 Å². The van der Waals surface area contributed by atoms with Gasteiger partial charge < -0.3 is 9.47 Å². The Labute approximate surface area is 118 Å². The average molecular weight is 313 g/mol. The molecule has 100 valence electrons. The summed E-state index contributed by atoms with van der Waals surface area (Å²) in [5.74, 6) is 0.824. The second kappa shape index (κ2) is 7.59. The zero-order valence-electron chi connectivity index (χ0n) is 11.3. The lowest BCUT2D eigenvalue weighted by Gasteiger charge is -2.22. The maximum atomic E-state index is 5.56. The quantitative estimate of drug-likeness (QED) is 0.409. The Morgan fingerprint density at radius 3 is 2.50 bits per heavy atom. The molecule has 0 heterocycles. The molecule has 0 aromatic heterocycles. The summed E-state index contributed by atoms with van der Waals surface area (Å²) in [5, 5.41) is 0. The summed E-state index contributed by atoms with van der Waals surface area (Å²) < 4.78 is 12.1. The number of allylic oxidation sites excluding steroid dienone is 2. The van der Waals surface area contributed by atoms with Gasteiger partial charge in [0.2, 0.25) is 0 Å². The van der Waals surface area contributed by atoms with Crippen molar-refractivity contribution in [1.29, 1.82) is 0 Å². The van der Waals surface area contributed by atoms with E-state index in [-0.39, 0.29) is 5.41 Å². The van der Waals surface area contributed by atoms with E-state index in [1.165, 1.54) is 0 Å². The molecule has 0 saturated heterocycles. The van der Waals surface area contributed by atoms with Crippen molar-refractivity contribution < 1.29 is 9.47 Å². The van der Waals surface area contributed by atoms with Gasteiger partial charge in [-0.1, -0.05) is 41.9 Å². The SMILES string of the molecule is C/C=C/CC(C)(C)COCOc1ccc(Br)cc1. The maximum absolute atomic E-state index is 5.56. The second-order valence-corrected chi connectivity index (χ2v) is 5.92. The van der Waals surface area contributed by atoms with Gasteiger partial charge in [-0.05, 0) is 43.0 Å². The van der Waals surface area contributed by atoms with Gasteiger partial charge in [-0.15, -0.1) is 0 Å². The standard InChI is InChI=1S/C15H21BrO2/c1-4-5-10-15(2,3)11-17-12-18-14-8-6-13(16)7-9-14/h4-9H,10-12H2,1-3H3/b5-4+. The first kappa shape index (κ1) is 15.3. The minimum absolute atomic E-state index is 0.148. The van der Waals surface area contributed by atoms with Gasteiger partial charge in [0.15, 0.2) is 6.79 Å². The van der Waals surface area contributed by atoms with Crippen molar-refractivity contribution in [2.75, 3.05) is 13.4 Å². The van der Waals surface area contributed by atoms with E-state index < -0.39 is 0 Å². The van der Waals surface area contributed by atoms with Crippen molar-refractivity contribution in [3.8, 4) is 5.75 Å². The number of ether oxygens (including phenoxy) is 2. The maximum Gasteiger partial charge on any atom is 0.189 e. The Morgan fingerprint density at radius 2 is 1.89 bits per heavy atom. The normalized spacial score (nSPS) is 12.0. The fraction of sp³-hybridized carbons (Fsp3) is 0.467. The number of benzene rings is 1. The molecule has 1 aromatic rings. The molecule has 0 aliphatic heterocycles. The molecule has 1 aromatic carbocycles. The van der Waals surface area contributed by atoms with Crippen LogP contribution in [0.2, 0.25) is 0 Å². The van der Waals surface area contributed by atoms with Gasteiger partial charge >= 0.3 is 0 Å². The molecule has 2 nitrogen and oxygen atoms in total. The highest BCUT2D eigenvalue weighted by molar-refractivity contribution is 9.10. The summed E-state index contributed by atoms with van der Waals surface area (Å²) in [6, 6.07) is 7.73. The lowest BCUT2D eigenvalue weighted by Crippen LogP contribution is -2.20. The minimum Gasteiger partial charge on any atom is -0.468 e. The zero-order chi connectivity index (χ0) is 13.4. The summed E-state index contributed by atoms with van der Waals surface area (Å²) in [5.41, 5.74) is 0.148. The van der Waals surface area contributed by atoms with E-state index in [1.54, 1.807) is 0 Å². The largest absolute Gasteiger partial charge is 0.468 e. The highest BCUT2D eigenvalue weighted by Gasteiger charge is 2.16. The van der Waals surface area contributed by atoms with E-state index in [0.717, 1.165) is 16.6 Å². The van der Waals surface area contributed by atoms with Gasteiger partial charge in [-0.3, -0.25) is 0 Å². The Kier molecular flexibility index (Phi) is 6.44. The molecule has 1 rings (SSSR count). The third kappa shape index (κ3) is 6.22. The van der Waals surface area contributed by atoms with Crippen LogP contribution >= 0.6 is 15.9 Å². The summed E-state index contributed by atoms with van der Waals surface area (Å²) in [7, 11) is 0. The van der Waals surface area contributed by atoms with Crippen LogP contribution in [0.15, 0.2) is 40.9 Å². The second-order valence-electron chi connectivity index (χ2n) is 5.00. The molecule has 3 heteroatoms. The molecule has 0 amide bonds. The lowest BCUT2D eigenvalue weighted by atomic mass is 9.90. The first-order chi connectivity index (χ1) is 8.53. The highest BCUT2D eigenvalue weighted by Crippen LogP contribution is 2.21. The molecular formula is C15H21BrO2. The molecule has 0 saturated carbocycles. The van der Waals surface area contributed by atoms with Crippen LogP contribution in [0.1, 0.15) is 27.2 Å². The Bertz CT molecular complexity index is 369. The van der Waals surface area contributed by atoms with Crippen molar-refractivity contribution in [2.45, 2.75) is 27.2 Å². The van der Waals surface area contributed by atoms with Crippen LogP contribution in [0.5, 0.6) is 5.75 Å². The average Bonchev–Trinajstić information content (AvgIpc) is 2.34. The minimum atomic E-state index is 0.148. The third-order valence-electron chi connectivity index (χ3n) is 2.52. The van der Waals surface area contributed by atoms with Crippen molar-refractivity contribution >= 4 is 15.9 Å². The molecule has 0 aliphatic rings. The molecule has 0 bridgehead atoms. The van der Waals surface area contributed by atoms with Crippen LogP contribution in [-0.2, 0) is 4.74 Å². The van der Waals surface area contributed by atoms with Crippen LogP contribution in [-0.4, -0.2) is 13.4 Å². The monoisotopic (exact) mass is 312 g/mol. The molecule has 0 spiro atoms. The van der Waals surface area contributed by atoms with Crippen LogP contribution in [0.4, 0.5) is 0 Å². The summed E-state index contributed by atoms with van der Waals surface area (Å²) in [4.78, 5) is 0. The lowest BCUT2D eigenvalue weighted by molar-refractivity contribution is -0.0213. The Hall–Kier alpha value is -0.800. The molecule has 0 aliphatic carbocycles. The molecule has 0 fully saturated rings. The number of hydrogen-bond donors (Lipinski definition) is 0. The first-order valence-electron chi connectivity index (χ1n) is 6.11. The van der Waals surface area contributed by atoms with Crippen LogP contribution < -0.4 is 4.74 Å². The third-order valence-corrected chi connectivity index (χ3v) is 3.05. The smallest absolute Gasteiger partial charge is 0.189 e. The predicted octanol–water partition coefficient (Wildman–Crippen LogP) is 4.79. The Balaban J connectivity index is 2.24. The predicted molar refractivity (Wildman–Crippen MR) is 78.8 cm³/mol. The van der Waals surface area contributed by atoms with Crippen LogP contribution in [0.25, 0.3) is 0 Å². The molecule has 0 unspecified atom stereocenters. The molecule has 18 heavy (non-hydrogen) atoms.